The van der Waals surface area contributed by atoms with Gasteiger partial charge in [-0.2, -0.15) is 0 Å². The van der Waals surface area contributed by atoms with E-state index >= 15 is 4.39 Å². The maximum Gasteiger partial charge on any atom is 0.310 e. The van der Waals surface area contributed by atoms with Crippen LogP contribution in [0.1, 0.15) is 23.6 Å². The van der Waals surface area contributed by atoms with Crippen LogP contribution in [0.3, 0.4) is 0 Å². The normalized spacial score (nSPS) is 10.9. The van der Waals surface area contributed by atoms with Crippen LogP contribution in [0.25, 0.3) is 22.1 Å². The molecule has 176 valence electrons. The number of halogens is 1. The highest BCUT2D eigenvalue weighted by atomic mass is 19.1. The summed E-state index contributed by atoms with van der Waals surface area (Å²) in [4.78, 5) is 12.0. The molecule has 34 heavy (non-hydrogen) atoms. The first-order valence-electron chi connectivity index (χ1n) is 11.0. The summed E-state index contributed by atoms with van der Waals surface area (Å²) in [5.41, 5.74) is 9.81. The van der Waals surface area contributed by atoms with Crippen molar-refractivity contribution in [1.29, 1.82) is 0 Å². The highest BCUT2D eigenvalue weighted by molar-refractivity contribution is 5.93. The number of benzene rings is 3. The van der Waals surface area contributed by atoms with Crippen molar-refractivity contribution < 1.29 is 27.8 Å². The molecule has 0 bridgehead atoms. The van der Waals surface area contributed by atoms with Gasteiger partial charge >= 0.3 is 5.97 Å². The second kappa shape index (κ2) is 10.4. The van der Waals surface area contributed by atoms with Crippen LogP contribution in [0, 0.1) is 5.82 Å². The summed E-state index contributed by atoms with van der Waals surface area (Å²) in [6.07, 6.45) is 1.50. The van der Waals surface area contributed by atoms with Crippen LogP contribution >= 0.6 is 0 Å². The lowest BCUT2D eigenvalue weighted by Gasteiger charge is -2.15. The van der Waals surface area contributed by atoms with Gasteiger partial charge in [0.05, 0.1) is 31.8 Å². The fourth-order valence-corrected chi connectivity index (χ4v) is 3.82. The van der Waals surface area contributed by atoms with E-state index in [1.807, 2.05) is 24.3 Å². The first kappa shape index (κ1) is 23.3. The first-order valence-corrected chi connectivity index (χ1v) is 11.0. The lowest BCUT2D eigenvalue weighted by atomic mass is 9.98. The minimum atomic E-state index is -0.419. The van der Waals surface area contributed by atoms with Crippen LogP contribution in [0.4, 0.5) is 4.39 Å². The van der Waals surface area contributed by atoms with Crippen LogP contribution in [0.5, 0.6) is 11.5 Å². The molecule has 0 fully saturated rings. The average Bonchev–Trinajstić information content (AvgIpc) is 3.35. The number of methoxy groups -OCH3 is 1. The molecule has 0 aliphatic carbocycles. The Morgan fingerprint density at radius 2 is 1.94 bits per heavy atom. The van der Waals surface area contributed by atoms with E-state index in [0.717, 1.165) is 16.7 Å². The Labute approximate surface area is 197 Å². The summed E-state index contributed by atoms with van der Waals surface area (Å²) in [5.74, 6) is 0.196. The van der Waals surface area contributed by atoms with Gasteiger partial charge in [-0.05, 0) is 42.3 Å². The van der Waals surface area contributed by atoms with Gasteiger partial charge in [-0.1, -0.05) is 24.3 Å². The van der Waals surface area contributed by atoms with Gasteiger partial charge in [0.2, 0.25) is 0 Å². The maximum atomic E-state index is 15.3. The number of hydrogen-bond donors (Lipinski definition) is 1. The van der Waals surface area contributed by atoms with E-state index in [-0.39, 0.29) is 25.6 Å². The third kappa shape index (κ3) is 4.89. The number of ether oxygens (including phenoxy) is 3. The van der Waals surface area contributed by atoms with Crippen LogP contribution in [0.15, 0.2) is 65.3 Å². The van der Waals surface area contributed by atoms with Gasteiger partial charge in [0.25, 0.3) is 0 Å². The molecule has 7 heteroatoms. The molecule has 0 radical (unpaired) electrons. The molecular formula is C27H26FNO5. The third-order valence-electron chi connectivity index (χ3n) is 5.52. The zero-order valence-electron chi connectivity index (χ0n) is 19.1. The molecule has 1 heterocycles. The quantitative estimate of drug-likeness (QED) is 0.335. The molecule has 6 nitrogen and oxygen atoms in total. The van der Waals surface area contributed by atoms with Crippen molar-refractivity contribution in [3.63, 3.8) is 0 Å². The van der Waals surface area contributed by atoms with Crippen molar-refractivity contribution in [3.05, 3.63) is 83.4 Å². The molecule has 1 aromatic heterocycles. The van der Waals surface area contributed by atoms with Gasteiger partial charge in [0.15, 0.2) is 0 Å². The SMILES string of the molecule is CCOC(=O)Cc1ccc(OC)cc1OCc1cc(-c2cccc(CN)c2)c2occc2c1F. The third-order valence-corrected chi connectivity index (χ3v) is 5.52. The van der Waals surface area contributed by atoms with E-state index in [1.165, 1.54) is 6.26 Å². The minimum absolute atomic E-state index is 0.0353. The van der Waals surface area contributed by atoms with E-state index in [4.69, 9.17) is 24.4 Å². The topological polar surface area (TPSA) is 83.9 Å². The smallest absolute Gasteiger partial charge is 0.310 e. The van der Waals surface area contributed by atoms with Crippen molar-refractivity contribution in [1.82, 2.24) is 0 Å². The van der Waals surface area contributed by atoms with Gasteiger partial charge in [-0.3, -0.25) is 4.79 Å². The van der Waals surface area contributed by atoms with Gasteiger partial charge in [-0.15, -0.1) is 0 Å². The van der Waals surface area contributed by atoms with Gasteiger partial charge in [0.1, 0.15) is 29.5 Å². The molecule has 0 spiro atoms. The van der Waals surface area contributed by atoms with E-state index < -0.39 is 5.82 Å². The number of hydrogen-bond acceptors (Lipinski definition) is 6. The van der Waals surface area contributed by atoms with Crippen molar-refractivity contribution in [2.45, 2.75) is 26.5 Å². The van der Waals surface area contributed by atoms with E-state index in [1.54, 1.807) is 44.4 Å². The molecule has 4 aromatic rings. The van der Waals surface area contributed by atoms with Gasteiger partial charge < -0.3 is 24.4 Å². The number of fused-ring (bicyclic) bond motifs is 1. The summed E-state index contributed by atoms with van der Waals surface area (Å²) >= 11 is 0. The van der Waals surface area contributed by atoms with Gasteiger partial charge in [-0.25, -0.2) is 4.39 Å². The Morgan fingerprint density at radius 1 is 1.09 bits per heavy atom. The second-order valence-electron chi connectivity index (χ2n) is 7.71. The summed E-state index contributed by atoms with van der Waals surface area (Å²) in [6, 6.07) is 16.2. The standard InChI is InChI=1S/C27H26FNO5/c1-3-32-25(30)13-19-7-8-21(31-2)14-24(19)34-16-20-12-23(18-6-4-5-17(11-18)15-29)27-22(26(20)28)9-10-33-27/h4-12,14H,3,13,15-16,29H2,1-2H3. The lowest BCUT2D eigenvalue weighted by Crippen LogP contribution is -2.09. The molecule has 2 N–H and O–H groups in total. The molecule has 0 saturated carbocycles. The lowest BCUT2D eigenvalue weighted by molar-refractivity contribution is -0.142. The monoisotopic (exact) mass is 463 g/mol. The number of esters is 1. The predicted molar refractivity (Wildman–Crippen MR) is 127 cm³/mol. The highest BCUT2D eigenvalue weighted by Gasteiger charge is 2.18. The fourth-order valence-electron chi connectivity index (χ4n) is 3.82. The van der Waals surface area contributed by atoms with Crippen LogP contribution in [-0.2, 0) is 29.1 Å². The van der Waals surface area contributed by atoms with E-state index in [2.05, 4.69) is 0 Å². The number of carbonyl (C=O) groups is 1. The summed E-state index contributed by atoms with van der Waals surface area (Å²) in [6.45, 7) is 2.37. The highest BCUT2D eigenvalue weighted by Crippen LogP contribution is 2.35. The maximum absolute atomic E-state index is 15.3. The fraction of sp³-hybridized carbons (Fsp3) is 0.222. The van der Waals surface area contributed by atoms with Crippen LogP contribution in [-0.4, -0.2) is 19.7 Å². The zero-order valence-corrected chi connectivity index (χ0v) is 19.1. The summed E-state index contributed by atoms with van der Waals surface area (Å²) in [5, 5.41) is 0.367. The minimum Gasteiger partial charge on any atom is -0.497 e. The Bertz CT molecular complexity index is 1310. The van der Waals surface area contributed by atoms with Crippen molar-refractivity contribution >= 4 is 16.9 Å². The van der Waals surface area contributed by atoms with Crippen LogP contribution in [0.2, 0.25) is 0 Å². The van der Waals surface area contributed by atoms with E-state index in [0.29, 0.717) is 40.1 Å². The van der Waals surface area contributed by atoms with Gasteiger partial charge in [0, 0.05) is 29.3 Å². The molecule has 0 unspecified atom stereocenters. The Hall–Kier alpha value is -3.84. The Kier molecular flexibility index (Phi) is 7.13. The molecule has 0 saturated heterocycles. The number of rotatable bonds is 9. The molecule has 0 aliphatic heterocycles. The molecular weight excluding hydrogens is 437 g/mol. The Balaban J connectivity index is 1.69. The zero-order chi connectivity index (χ0) is 24.1. The van der Waals surface area contributed by atoms with Crippen molar-refractivity contribution in [3.8, 4) is 22.6 Å². The van der Waals surface area contributed by atoms with Crippen molar-refractivity contribution in [2.75, 3.05) is 13.7 Å². The number of carbonyl (C=O) groups excluding carboxylic acids is 1. The summed E-state index contributed by atoms with van der Waals surface area (Å²) in [7, 11) is 1.54. The second-order valence-corrected chi connectivity index (χ2v) is 7.71. The van der Waals surface area contributed by atoms with E-state index in [9.17, 15) is 4.79 Å². The molecule has 0 amide bonds. The van der Waals surface area contributed by atoms with Crippen molar-refractivity contribution in [2.24, 2.45) is 5.73 Å². The number of nitrogens with two attached hydrogens (primary N) is 1. The average molecular weight is 464 g/mol. The largest absolute Gasteiger partial charge is 0.497 e. The summed E-state index contributed by atoms with van der Waals surface area (Å²) < 4.78 is 37.3. The van der Waals surface area contributed by atoms with Crippen LogP contribution < -0.4 is 15.2 Å². The molecule has 0 aliphatic rings. The first-order chi connectivity index (χ1) is 16.5. The number of furan rings is 1. The molecule has 3 aromatic carbocycles. The predicted octanol–water partition coefficient (Wildman–Crippen LogP) is 5.39. The Morgan fingerprint density at radius 3 is 2.71 bits per heavy atom. The molecule has 4 rings (SSSR count). The molecule has 0 atom stereocenters.